The van der Waals surface area contributed by atoms with E-state index < -0.39 is 5.97 Å². The predicted octanol–water partition coefficient (Wildman–Crippen LogP) is 2.28. The summed E-state index contributed by atoms with van der Waals surface area (Å²) in [5.41, 5.74) is 0.934. The molecule has 90 valence electrons. The third-order valence-electron chi connectivity index (χ3n) is 4.30. The highest BCUT2D eigenvalue weighted by molar-refractivity contribution is 5.86. The van der Waals surface area contributed by atoms with E-state index in [0.717, 1.165) is 13.1 Å². The SMILES string of the molecule is C=C(CN1CCC2(CCCC2)CC1)C(=O)O. The Labute approximate surface area is 97.1 Å². The molecule has 16 heavy (non-hydrogen) atoms. The Balaban J connectivity index is 1.81. The summed E-state index contributed by atoms with van der Waals surface area (Å²) in [6.45, 7) is 6.23. The second-order valence-electron chi connectivity index (χ2n) is 5.39. The molecular weight excluding hydrogens is 202 g/mol. The van der Waals surface area contributed by atoms with Crippen LogP contribution in [0.25, 0.3) is 0 Å². The van der Waals surface area contributed by atoms with Crippen molar-refractivity contribution in [2.75, 3.05) is 19.6 Å². The second kappa shape index (κ2) is 4.58. The van der Waals surface area contributed by atoms with Gasteiger partial charge in [-0.15, -0.1) is 0 Å². The first-order valence-electron chi connectivity index (χ1n) is 6.25. The molecule has 2 fully saturated rings. The van der Waals surface area contributed by atoms with Gasteiger partial charge in [0.1, 0.15) is 0 Å². The standard InChI is InChI=1S/C13H21NO2/c1-11(12(15)16)10-14-8-6-13(7-9-14)4-2-3-5-13/h1-10H2,(H,15,16). The van der Waals surface area contributed by atoms with E-state index in [9.17, 15) is 4.79 Å². The minimum absolute atomic E-state index is 0.322. The van der Waals surface area contributed by atoms with E-state index in [1.165, 1.54) is 38.5 Å². The van der Waals surface area contributed by atoms with Crippen molar-refractivity contribution in [3.05, 3.63) is 12.2 Å². The van der Waals surface area contributed by atoms with Gasteiger partial charge in [-0.1, -0.05) is 19.4 Å². The van der Waals surface area contributed by atoms with Crippen LogP contribution in [0.1, 0.15) is 38.5 Å². The minimum atomic E-state index is -0.860. The van der Waals surface area contributed by atoms with Gasteiger partial charge in [0.2, 0.25) is 0 Å². The van der Waals surface area contributed by atoms with E-state index in [-0.39, 0.29) is 0 Å². The van der Waals surface area contributed by atoms with E-state index in [1.807, 2.05) is 0 Å². The lowest BCUT2D eigenvalue weighted by Gasteiger charge is -2.39. The van der Waals surface area contributed by atoms with Gasteiger partial charge in [0.05, 0.1) is 0 Å². The van der Waals surface area contributed by atoms with Crippen molar-refractivity contribution >= 4 is 5.97 Å². The molecule has 0 aromatic carbocycles. The lowest BCUT2D eigenvalue weighted by molar-refractivity contribution is -0.132. The maximum atomic E-state index is 10.7. The molecule has 0 radical (unpaired) electrons. The van der Waals surface area contributed by atoms with Crippen molar-refractivity contribution < 1.29 is 9.90 Å². The quantitative estimate of drug-likeness (QED) is 0.746. The highest BCUT2D eigenvalue weighted by Gasteiger charge is 2.36. The zero-order valence-electron chi connectivity index (χ0n) is 9.87. The van der Waals surface area contributed by atoms with E-state index in [1.54, 1.807) is 0 Å². The Kier molecular flexibility index (Phi) is 3.33. The van der Waals surface area contributed by atoms with Crippen LogP contribution in [-0.2, 0) is 4.79 Å². The molecule has 1 heterocycles. The predicted molar refractivity (Wildman–Crippen MR) is 63.4 cm³/mol. The van der Waals surface area contributed by atoms with Gasteiger partial charge in [-0.2, -0.15) is 0 Å². The van der Waals surface area contributed by atoms with Gasteiger partial charge < -0.3 is 5.11 Å². The van der Waals surface area contributed by atoms with Crippen LogP contribution in [0.5, 0.6) is 0 Å². The summed E-state index contributed by atoms with van der Waals surface area (Å²) in [6, 6.07) is 0. The van der Waals surface area contributed by atoms with Crippen molar-refractivity contribution in [1.29, 1.82) is 0 Å². The molecule has 1 N–H and O–H groups in total. The van der Waals surface area contributed by atoms with Crippen LogP contribution in [0.15, 0.2) is 12.2 Å². The third kappa shape index (κ3) is 2.46. The topological polar surface area (TPSA) is 40.5 Å². The summed E-state index contributed by atoms with van der Waals surface area (Å²) < 4.78 is 0. The molecule has 0 aromatic heterocycles. The number of nitrogens with zero attached hydrogens (tertiary/aromatic N) is 1. The first kappa shape index (κ1) is 11.6. The van der Waals surface area contributed by atoms with Crippen LogP contribution in [-0.4, -0.2) is 35.6 Å². The molecule has 3 nitrogen and oxygen atoms in total. The van der Waals surface area contributed by atoms with E-state index in [2.05, 4.69) is 11.5 Å². The van der Waals surface area contributed by atoms with Gasteiger partial charge in [-0.25, -0.2) is 4.79 Å². The fraction of sp³-hybridized carbons (Fsp3) is 0.769. The monoisotopic (exact) mass is 223 g/mol. The summed E-state index contributed by atoms with van der Waals surface area (Å²) in [7, 11) is 0. The highest BCUT2D eigenvalue weighted by Crippen LogP contribution is 2.46. The van der Waals surface area contributed by atoms with Crippen LogP contribution in [0.3, 0.4) is 0 Å². The summed E-state index contributed by atoms with van der Waals surface area (Å²) in [6.07, 6.45) is 8.06. The normalized spacial score (nSPS) is 24.8. The van der Waals surface area contributed by atoms with Crippen LogP contribution in [0.4, 0.5) is 0 Å². The molecule has 1 spiro atoms. The van der Waals surface area contributed by atoms with E-state index in [0.29, 0.717) is 17.5 Å². The number of carboxylic acid groups (broad SMARTS) is 1. The van der Waals surface area contributed by atoms with Crippen molar-refractivity contribution in [1.82, 2.24) is 4.90 Å². The molecule has 0 unspecified atom stereocenters. The maximum absolute atomic E-state index is 10.7. The lowest BCUT2D eigenvalue weighted by Crippen LogP contribution is -2.40. The largest absolute Gasteiger partial charge is 0.478 e. The van der Waals surface area contributed by atoms with Crippen LogP contribution >= 0.6 is 0 Å². The molecule has 1 saturated carbocycles. The Bertz CT molecular complexity index is 282. The molecule has 0 bridgehead atoms. The number of likely N-dealkylation sites (tertiary alicyclic amines) is 1. The Morgan fingerprint density at radius 1 is 1.19 bits per heavy atom. The maximum Gasteiger partial charge on any atom is 0.332 e. The average molecular weight is 223 g/mol. The summed E-state index contributed by atoms with van der Waals surface area (Å²) in [4.78, 5) is 12.9. The van der Waals surface area contributed by atoms with Crippen molar-refractivity contribution in [2.24, 2.45) is 5.41 Å². The number of rotatable bonds is 3. The summed E-state index contributed by atoms with van der Waals surface area (Å²) >= 11 is 0. The highest BCUT2D eigenvalue weighted by atomic mass is 16.4. The minimum Gasteiger partial charge on any atom is -0.478 e. The molecule has 0 aromatic rings. The number of hydrogen-bond acceptors (Lipinski definition) is 2. The molecule has 1 aliphatic heterocycles. The molecule has 0 atom stereocenters. The van der Waals surface area contributed by atoms with Crippen molar-refractivity contribution in [3.63, 3.8) is 0 Å². The van der Waals surface area contributed by atoms with Gasteiger partial charge in [-0.05, 0) is 44.2 Å². The number of carbonyl (C=O) groups is 1. The van der Waals surface area contributed by atoms with E-state index in [4.69, 9.17) is 5.11 Å². The first-order chi connectivity index (χ1) is 7.61. The first-order valence-corrected chi connectivity index (χ1v) is 6.25. The van der Waals surface area contributed by atoms with Gasteiger partial charge in [0.25, 0.3) is 0 Å². The zero-order chi connectivity index (χ0) is 11.6. The molecule has 2 rings (SSSR count). The fourth-order valence-corrected chi connectivity index (χ4v) is 3.15. The van der Waals surface area contributed by atoms with Gasteiger partial charge in [-0.3, -0.25) is 4.90 Å². The smallest absolute Gasteiger partial charge is 0.332 e. The summed E-state index contributed by atoms with van der Waals surface area (Å²) in [5.74, 6) is -0.860. The van der Waals surface area contributed by atoms with Crippen LogP contribution in [0.2, 0.25) is 0 Å². The zero-order valence-corrected chi connectivity index (χ0v) is 9.87. The number of carboxylic acids is 1. The van der Waals surface area contributed by atoms with Gasteiger partial charge in [0, 0.05) is 12.1 Å². The van der Waals surface area contributed by atoms with Gasteiger partial charge >= 0.3 is 5.97 Å². The second-order valence-corrected chi connectivity index (χ2v) is 5.39. The fourth-order valence-electron chi connectivity index (χ4n) is 3.15. The third-order valence-corrected chi connectivity index (χ3v) is 4.30. The van der Waals surface area contributed by atoms with Gasteiger partial charge in [0.15, 0.2) is 0 Å². The molecule has 3 heteroatoms. The van der Waals surface area contributed by atoms with Crippen LogP contribution in [0, 0.1) is 5.41 Å². The Hall–Kier alpha value is -0.830. The van der Waals surface area contributed by atoms with Crippen LogP contribution < -0.4 is 0 Å². The van der Waals surface area contributed by atoms with Crippen molar-refractivity contribution in [3.8, 4) is 0 Å². The lowest BCUT2D eigenvalue weighted by atomic mass is 9.77. The Morgan fingerprint density at radius 3 is 2.25 bits per heavy atom. The Morgan fingerprint density at radius 2 is 1.75 bits per heavy atom. The van der Waals surface area contributed by atoms with E-state index >= 15 is 0 Å². The molecule has 1 saturated heterocycles. The molecule has 2 aliphatic rings. The molecular formula is C13H21NO2. The summed E-state index contributed by atoms with van der Waals surface area (Å²) in [5, 5.41) is 8.79. The number of piperidine rings is 1. The average Bonchev–Trinajstić information content (AvgIpc) is 2.70. The number of aliphatic carboxylic acids is 1. The van der Waals surface area contributed by atoms with Crippen molar-refractivity contribution in [2.45, 2.75) is 38.5 Å². The molecule has 0 amide bonds. The number of hydrogen-bond donors (Lipinski definition) is 1. The molecule has 1 aliphatic carbocycles.